The topological polar surface area (TPSA) is 77.8 Å². The second kappa shape index (κ2) is 11.2. The van der Waals surface area contributed by atoms with Gasteiger partial charge in [-0.25, -0.2) is 4.39 Å². The number of amides is 2. The molecule has 2 N–H and O–H groups in total. The van der Waals surface area contributed by atoms with Gasteiger partial charge in [-0.3, -0.25) is 14.5 Å². The summed E-state index contributed by atoms with van der Waals surface area (Å²) in [4.78, 5) is 28.8. The first-order chi connectivity index (χ1) is 16.5. The summed E-state index contributed by atoms with van der Waals surface area (Å²) in [5.41, 5.74) is 1.43. The summed E-state index contributed by atoms with van der Waals surface area (Å²) in [5, 5.41) is 5.93. The van der Waals surface area contributed by atoms with Gasteiger partial charge < -0.3 is 20.0 Å². The van der Waals surface area contributed by atoms with E-state index in [1.54, 1.807) is 48.7 Å². The summed E-state index contributed by atoms with van der Waals surface area (Å²) in [6.45, 7) is 3.00. The average molecular weight is 485 g/mol. The number of anilines is 1. The minimum Gasteiger partial charge on any atom is -0.468 e. The van der Waals surface area contributed by atoms with Gasteiger partial charge in [0.1, 0.15) is 11.6 Å². The number of hydrogen-bond acceptors (Lipinski definition) is 5. The highest BCUT2D eigenvalue weighted by molar-refractivity contribution is 6.35. The van der Waals surface area contributed by atoms with E-state index in [-0.39, 0.29) is 24.9 Å². The third-order valence-electron chi connectivity index (χ3n) is 5.85. The molecule has 7 nitrogen and oxygen atoms in total. The summed E-state index contributed by atoms with van der Waals surface area (Å²) in [6, 6.07) is 17.2. The fraction of sp³-hybridized carbons (Fsp3) is 0.280. The Bertz CT molecular complexity index is 1100. The second-order valence-electron chi connectivity index (χ2n) is 8.02. The van der Waals surface area contributed by atoms with Crippen molar-refractivity contribution in [1.82, 2.24) is 15.5 Å². The molecule has 1 unspecified atom stereocenters. The maximum absolute atomic E-state index is 14.2. The SMILES string of the molecule is O=C(NCc1ccc(Cl)cc1)C(=O)NCC(c1ccco1)N1CCN(c2ccccc2F)CC1. The highest BCUT2D eigenvalue weighted by Crippen LogP contribution is 2.25. The Morgan fingerprint density at radius 2 is 1.65 bits per heavy atom. The van der Waals surface area contributed by atoms with E-state index in [0.29, 0.717) is 42.6 Å². The van der Waals surface area contributed by atoms with E-state index in [9.17, 15) is 14.0 Å². The largest absolute Gasteiger partial charge is 0.468 e. The van der Waals surface area contributed by atoms with Crippen LogP contribution < -0.4 is 15.5 Å². The van der Waals surface area contributed by atoms with Gasteiger partial charge in [-0.1, -0.05) is 35.9 Å². The van der Waals surface area contributed by atoms with E-state index < -0.39 is 11.8 Å². The average Bonchev–Trinajstić information content (AvgIpc) is 3.39. The predicted octanol–water partition coefficient (Wildman–Crippen LogP) is 3.37. The first kappa shape index (κ1) is 23.8. The Morgan fingerprint density at radius 1 is 0.941 bits per heavy atom. The van der Waals surface area contributed by atoms with Gasteiger partial charge in [0.05, 0.1) is 18.0 Å². The van der Waals surface area contributed by atoms with Gasteiger partial charge in [-0.15, -0.1) is 0 Å². The van der Waals surface area contributed by atoms with Crippen molar-refractivity contribution in [2.45, 2.75) is 12.6 Å². The summed E-state index contributed by atoms with van der Waals surface area (Å²) < 4.78 is 19.8. The number of rotatable bonds is 7. The molecule has 1 fully saturated rings. The highest BCUT2D eigenvalue weighted by Gasteiger charge is 2.28. The molecular formula is C25H26ClFN4O3. The van der Waals surface area contributed by atoms with Crippen LogP contribution in [0, 0.1) is 5.82 Å². The molecule has 0 spiro atoms. The van der Waals surface area contributed by atoms with Gasteiger partial charge >= 0.3 is 11.8 Å². The molecule has 0 bridgehead atoms. The zero-order valence-electron chi connectivity index (χ0n) is 18.5. The number of carbonyl (C=O) groups excluding carboxylic acids is 2. The first-order valence-corrected chi connectivity index (χ1v) is 11.5. The first-order valence-electron chi connectivity index (χ1n) is 11.1. The number of furan rings is 1. The predicted molar refractivity (Wildman–Crippen MR) is 128 cm³/mol. The van der Waals surface area contributed by atoms with Crippen molar-refractivity contribution in [1.29, 1.82) is 0 Å². The van der Waals surface area contributed by atoms with E-state index in [2.05, 4.69) is 15.5 Å². The summed E-state index contributed by atoms with van der Waals surface area (Å²) in [6.07, 6.45) is 1.58. The van der Waals surface area contributed by atoms with Crippen molar-refractivity contribution < 1.29 is 18.4 Å². The maximum atomic E-state index is 14.2. The molecule has 9 heteroatoms. The number of halogens is 2. The molecule has 2 amide bonds. The van der Waals surface area contributed by atoms with Crippen molar-refractivity contribution in [2.75, 3.05) is 37.6 Å². The van der Waals surface area contributed by atoms with Crippen LogP contribution in [0.5, 0.6) is 0 Å². The molecule has 1 aromatic heterocycles. The van der Waals surface area contributed by atoms with Gasteiger partial charge in [0.2, 0.25) is 0 Å². The van der Waals surface area contributed by atoms with E-state index in [1.165, 1.54) is 6.07 Å². The van der Waals surface area contributed by atoms with Crippen LogP contribution in [-0.4, -0.2) is 49.4 Å². The third kappa shape index (κ3) is 5.95. The van der Waals surface area contributed by atoms with Gasteiger partial charge in [0.25, 0.3) is 0 Å². The van der Waals surface area contributed by atoms with E-state index in [4.69, 9.17) is 16.0 Å². The van der Waals surface area contributed by atoms with Crippen molar-refractivity contribution in [2.24, 2.45) is 0 Å². The summed E-state index contributed by atoms with van der Waals surface area (Å²) >= 11 is 5.87. The van der Waals surface area contributed by atoms with Crippen molar-refractivity contribution in [3.8, 4) is 0 Å². The van der Waals surface area contributed by atoms with Crippen LogP contribution in [0.4, 0.5) is 10.1 Å². The lowest BCUT2D eigenvalue weighted by Gasteiger charge is -2.39. The second-order valence-corrected chi connectivity index (χ2v) is 8.46. The zero-order chi connectivity index (χ0) is 23.9. The van der Waals surface area contributed by atoms with Crippen LogP contribution in [0.25, 0.3) is 0 Å². The van der Waals surface area contributed by atoms with Crippen LogP contribution in [0.15, 0.2) is 71.3 Å². The molecule has 0 radical (unpaired) electrons. The van der Waals surface area contributed by atoms with Crippen molar-refractivity contribution in [3.05, 3.63) is 89.1 Å². The lowest BCUT2D eigenvalue weighted by Crippen LogP contribution is -2.51. The van der Waals surface area contributed by atoms with Crippen LogP contribution in [0.2, 0.25) is 5.02 Å². The Labute approximate surface area is 202 Å². The lowest BCUT2D eigenvalue weighted by atomic mass is 10.1. The molecule has 34 heavy (non-hydrogen) atoms. The Balaban J connectivity index is 1.32. The Kier molecular flexibility index (Phi) is 7.82. The number of benzene rings is 2. The van der Waals surface area contributed by atoms with Crippen LogP contribution >= 0.6 is 11.6 Å². The normalized spacial score (nSPS) is 15.1. The number of nitrogens with one attached hydrogen (secondary N) is 2. The van der Waals surface area contributed by atoms with Gasteiger partial charge in [0.15, 0.2) is 0 Å². The number of hydrogen-bond donors (Lipinski definition) is 2. The molecule has 3 aromatic rings. The Hall–Kier alpha value is -3.36. The maximum Gasteiger partial charge on any atom is 0.309 e. The lowest BCUT2D eigenvalue weighted by molar-refractivity contribution is -0.139. The molecule has 0 saturated carbocycles. The molecule has 1 saturated heterocycles. The molecule has 2 heterocycles. The molecule has 0 aliphatic carbocycles. The quantitative estimate of drug-likeness (QED) is 0.503. The number of nitrogens with zero attached hydrogens (tertiary/aromatic N) is 2. The minimum absolute atomic E-state index is 0.209. The van der Waals surface area contributed by atoms with E-state index in [0.717, 1.165) is 5.56 Å². The molecule has 178 valence electrons. The highest BCUT2D eigenvalue weighted by atomic mass is 35.5. The fourth-order valence-electron chi connectivity index (χ4n) is 4.01. The minimum atomic E-state index is -0.712. The molecule has 1 aliphatic rings. The van der Waals surface area contributed by atoms with Crippen molar-refractivity contribution >= 4 is 29.1 Å². The number of piperazine rings is 1. The van der Waals surface area contributed by atoms with E-state index in [1.807, 2.05) is 17.0 Å². The van der Waals surface area contributed by atoms with E-state index >= 15 is 0 Å². The van der Waals surface area contributed by atoms with Crippen LogP contribution in [0.3, 0.4) is 0 Å². The van der Waals surface area contributed by atoms with Gasteiger partial charge in [0, 0.05) is 44.3 Å². The molecular weight excluding hydrogens is 459 g/mol. The van der Waals surface area contributed by atoms with Crippen molar-refractivity contribution in [3.63, 3.8) is 0 Å². The zero-order valence-corrected chi connectivity index (χ0v) is 19.3. The molecule has 1 aliphatic heterocycles. The summed E-state index contributed by atoms with van der Waals surface area (Å²) in [7, 11) is 0. The molecule has 2 aromatic carbocycles. The number of para-hydroxylation sites is 1. The molecule has 1 atom stereocenters. The fourth-order valence-corrected chi connectivity index (χ4v) is 4.13. The molecule has 4 rings (SSSR count). The van der Waals surface area contributed by atoms with Gasteiger partial charge in [-0.05, 0) is 42.0 Å². The Morgan fingerprint density at radius 3 is 2.32 bits per heavy atom. The summed E-state index contributed by atoms with van der Waals surface area (Å²) in [5.74, 6) is -0.968. The number of carbonyl (C=O) groups is 2. The smallest absolute Gasteiger partial charge is 0.309 e. The monoisotopic (exact) mass is 484 g/mol. The van der Waals surface area contributed by atoms with Crippen LogP contribution in [-0.2, 0) is 16.1 Å². The van der Waals surface area contributed by atoms with Crippen LogP contribution in [0.1, 0.15) is 17.4 Å². The van der Waals surface area contributed by atoms with Gasteiger partial charge in [-0.2, -0.15) is 0 Å². The third-order valence-corrected chi connectivity index (χ3v) is 6.10. The standard InChI is InChI=1S/C25H26ClFN4O3/c26-19-9-7-18(8-10-19)16-28-24(32)25(33)29-17-22(23-6-3-15-34-23)31-13-11-30(12-14-31)21-5-2-1-4-20(21)27/h1-10,15,22H,11-14,16-17H2,(H,28,32)(H,29,33).